The summed E-state index contributed by atoms with van der Waals surface area (Å²) >= 11 is 0. The molecule has 0 aliphatic carbocycles. The third-order valence-corrected chi connectivity index (χ3v) is 4.83. The highest BCUT2D eigenvalue weighted by Crippen LogP contribution is 2.44. The molecule has 1 heterocycles. The predicted octanol–water partition coefficient (Wildman–Crippen LogP) is 4.94. The van der Waals surface area contributed by atoms with Crippen LogP contribution < -0.4 is 0 Å². The van der Waals surface area contributed by atoms with Crippen molar-refractivity contribution in [2.45, 2.75) is 45.2 Å². The predicted molar refractivity (Wildman–Crippen MR) is 92.9 cm³/mol. The zero-order chi connectivity index (χ0) is 16.7. The van der Waals surface area contributed by atoms with E-state index in [0.717, 1.165) is 22.3 Å². The summed E-state index contributed by atoms with van der Waals surface area (Å²) in [6.07, 6.45) is 5.25. The molecule has 1 fully saturated rings. The summed E-state index contributed by atoms with van der Waals surface area (Å²) in [4.78, 5) is 0. The minimum Gasteiger partial charge on any atom is -0.339 e. The van der Waals surface area contributed by atoms with Crippen molar-refractivity contribution < 1.29 is 9.47 Å². The highest BCUT2D eigenvalue weighted by Gasteiger charge is 2.49. The topological polar surface area (TPSA) is 18.5 Å². The van der Waals surface area contributed by atoms with Crippen LogP contribution in [0.1, 0.15) is 45.1 Å². The second kappa shape index (κ2) is 5.53. The molecule has 0 bridgehead atoms. The SMILES string of the molecule is C#Cc1ccccc1-c1ccc(C2OC(C)(C)C(C)(C)O2)cc1. The van der Waals surface area contributed by atoms with E-state index in [2.05, 4.69) is 45.7 Å². The molecule has 0 spiro atoms. The molecule has 2 aromatic rings. The average molecular weight is 306 g/mol. The van der Waals surface area contributed by atoms with E-state index in [-0.39, 0.29) is 17.5 Å². The molecule has 0 N–H and O–H groups in total. The van der Waals surface area contributed by atoms with Crippen LogP contribution in [0, 0.1) is 12.3 Å². The zero-order valence-electron chi connectivity index (χ0n) is 14.1. The quantitative estimate of drug-likeness (QED) is 0.732. The summed E-state index contributed by atoms with van der Waals surface area (Å²) in [5, 5.41) is 0. The van der Waals surface area contributed by atoms with Crippen molar-refractivity contribution in [2.24, 2.45) is 0 Å². The van der Waals surface area contributed by atoms with Gasteiger partial charge in [-0.2, -0.15) is 0 Å². The fourth-order valence-corrected chi connectivity index (χ4v) is 2.66. The largest absolute Gasteiger partial charge is 0.339 e. The lowest BCUT2D eigenvalue weighted by molar-refractivity contribution is -0.0895. The van der Waals surface area contributed by atoms with Crippen LogP contribution in [0.15, 0.2) is 48.5 Å². The van der Waals surface area contributed by atoms with Gasteiger partial charge in [-0.05, 0) is 44.9 Å². The Morgan fingerprint density at radius 3 is 2.00 bits per heavy atom. The van der Waals surface area contributed by atoms with E-state index in [9.17, 15) is 0 Å². The van der Waals surface area contributed by atoms with Crippen LogP contribution in [-0.4, -0.2) is 11.2 Å². The van der Waals surface area contributed by atoms with Crippen LogP contribution in [0.4, 0.5) is 0 Å². The van der Waals surface area contributed by atoms with Gasteiger partial charge in [0.1, 0.15) is 0 Å². The van der Waals surface area contributed by atoms with Gasteiger partial charge in [0, 0.05) is 11.1 Å². The van der Waals surface area contributed by atoms with Crippen molar-refractivity contribution >= 4 is 0 Å². The molecule has 0 aromatic heterocycles. The molecule has 0 amide bonds. The second-order valence-electron chi connectivity index (χ2n) is 6.90. The first-order valence-corrected chi connectivity index (χ1v) is 7.86. The fourth-order valence-electron chi connectivity index (χ4n) is 2.66. The van der Waals surface area contributed by atoms with Crippen LogP contribution in [0.3, 0.4) is 0 Å². The van der Waals surface area contributed by atoms with Crippen LogP contribution in [0.5, 0.6) is 0 Å². The van der Waals surface area contributed by atoms with Crippen LogP contribution >= 0.6 is 0 Å². The molecule has 0 saturated carbocycles. The first kappa shape index (κ1) is 15.8. The van der Waals surface area contributed by atoms with Gasteiger partial charge in [-0.25, -0.2) is 0 Å². The summed E-state index contributed by atoms with van der Waals surface area (Å²) in [5.74, 6) is 2.74. The van der Waals surface area contributed by atoms with Gasteiger partial charge in [0.25, 0.3) is 0 Å². The first-order valence-electron chi connectivity index (χ1n) is 7.86. The third kappa shape index (κ3) is 2.79. The number of terminal acetylenes is 1. The van der Waals surface area contributed by atoms with E-state index in [1.54, 1.807) is 0 Å². The van der Waals surface area contributed by atoms with E-state index in [0.29, 0.717) is 0 Å². The number of ether oxygens (including phenoxy) is 2. The Morgan fingerprint density at radius 2 is 1.43 bits per heavy atom. The summed E-state index contributed by atoms with van der Waals surface area (Å²) in [5.41, 5.74) is 3.43. The minimum absolute atomic E-state index is 0.327. The van der Waals surface area contributed by atoms with Crippen molar-refractivity contribution in [3.05, 3.63) is 59.7 Å². The summed E-state index contributed by atoms with van der Waals surface area (Å²) in [6.45, 7) is 8.24. The van der Waals surface area contributed by atoms with Crippen molar-refractivity contribution in [1.82, 2.24) is 0 Å². The van der Waals surface area contributed by atoms with E-state index in [1.165, 1.54) is 0 Å². The van der Waals surface area contributed by atoms with E-state index >= 15 is 0 Å². The van der Waals surface area contributed by atoms with E-state index in [1.807, 2.05) is 36.4 Å². The first-order chi connectivity index (χ1) is 10.8. The molecular weight excluding hydrogens is 284 g/mol. The van der Waals surface area contributed by atoms with Gasteiger partial charge >= 0.3 is 0 Å². The molecular formula is C21H22O2. The van der Waals surface area contributed by atoms with Crippen molar-refractivity contribution in [3.63, 3.8) is 0 Å². The monoisotopic (exact) mass is 306 g/mol. The van der Waals surface area contributed by atoms with Crippen LogP contribution in [0.25, 0.3) is 11.1 Å². The van der Waals surface area contributed by atoms with Crippen molar-refractivity contribution in [2.75, 3.05) is 0 Å². The van der Waals surface area contributed by atoms with Gasteiger partial charge in [-0.3, -0.25) is 0 Å². The smallest absolute Gasteiger partial charge is 0.185 e. The maximum Gasteiger partial charge on any atom is 0.185 e. The molecule has 1 saturated heterocycles. The Balaban J connectivity index is 1.88. The van der Waals surface area contributed by atoms with Gasteiger partial charge in [0.2, 0.25) is 0 Å². The Hall–Kier alpha value is -2.08. The normalized spacial score (nSPS) is 19.4. The van der Waals surface area contributed by atoms with Crippen LogP contribution in [0.2, 0.25) is 0 Å². The Kier molecular flexibility index (Phi) is 3.80. The maximum atomic E-state index is 6.09. The number of hydrogen-bond acceptors (Lipinski definition) is 2. The summed E-state index contributed by atoms with van der Waals surface area (Å²) < 4.78 is 12.2. The summed E-state index contributed by atoms with van der Waals surface area (Å²) in [6, 6.07) is 16.2. The Morgan fingerprint density at radius 1 is 0.870 bits per heavy atom. The fraction of sp³-hybridized carbons (Fsp3) is 0.333. The van der Waals surface area contributed by atoms with Gasteiger partial charge in [0.15, 0.2) is 6.29 Å². The van der Waals surface area contributed by atoms with Crippen LogP contribution in [-0.2, 0) is 9.47 Å². The highest BCUT2D eigenvalue weighted by molar-refractivity contribution is 5.71. The molecule has 0 unspecified atom stereocenters. The lowest BCUT2D eigenvalue weighted by Gasteiger charge is -2.30. The van der Waals surface area contributed by atoms with E-state index < -0.39 is 0 Å². The van der Waals surface area contributed by atoms with Gasteiger partial charge in [-0.15, -0.1) is 6.42 Å². The Labute approximate surface area is 138 Å². The number of rotatable bonds is 2. The van der Waals surface area contributed by atoms with Crippen molar-refractivity contribution in [1.29, 1.82) is 0 Å². The third-order valence-electron chi connectivity index (χ3n) is 4.83. The molecule has 0 radical (unpaired) electrons. The molecule has 3 rings (SSSR count). The molecule has 2 aromatic carbocycles. The highest BCUT2D eigenvalue weighted by atomic mass is 16.7. The lowest BCUT2D eigenvalue weighted by atomic mass is 9.90. The van der Waals surface area contributed by atoms with Gasteiger partial charge < -0.3 is 9.47 Å². The van der Waals surface area contributed by atoms with E-state index in [4.69, 9.17) is 15.9 Å². The molecule has 118 valence electrons. The molecule has 23 heavy (non-hydrogen) atoms. The Bertz CT molecular complexity index is 732. The van der Waals surface area contributed by atoms with Gasteiger partial charge in [-0.1, -0.05) is 48.4 Å². The molecule has 0 atom stereocenters. The lowest BCUT2D eigenvalue weighted by Crippen LogP contribution is -2.41. The molecule has 2 heteroatoms. The molecule has 1 aliphatic rings. The second-order valence-corrected chi connectivity index (χ2v) is 6.90. The zero-order valence-corrected chi connectivity index (χ0v) is 14.1. The molecule has 1 aliphatic heterocycles. The molecule has 2 nitrogen and oxygen atoms in total. The average Bonchev–Trinajstić information content (AvgIpc) is 2.75. The van der Waals surface area contributed by atoms with Gasteiger partial charge in [0.05, 0.1) is 11.2 Å². The standard InChI is InChI=1S/C21H22O2/c1-6-15-9-7-8-10-18(15)16-11-13-17(14-12-16)19-22-20(2,3)21(4,5)23-19/h1,7-14,19H,2-5H3. The number of benzene rings is 2. The number of hydrogen-bond donors (Lipinski definition) is 0. The maximum absolute atomic E-state index is 6.09. The van der Waals surface area contributed by atoms with Crippen molar-refractivity contribution in [3.8, 4) is 23.5 Å². The summed E-state index contributed by atoms with van der Waals surface area (Å²) in [7, 11) is 0. The minimum atomic E-state index is -0.336.